The van der Waals surface area contributed by atoms with Crippen LogP contribution in [0.2, 0.25) is 0 Å². The Morgan fingerprint density at radius 2 is 1.38 bits per heavy atom. The van der Waals surface area contributed by atoms with Crippen molar-refractivity contribution in [3.63, 3.8) is 0 Å². The van der Waals surface area contributed by atoms with Crippen LogP contribution in [0, 0.1) is 41.1 Å². The smallest absolute Gasteiger partial charge is 0.207 e. The van der Waals surface area contributed by atoms with E-state index in [2.05, 4.69) is 6.92 Å². The van der Waals surface area contributed by atoms with Crippen molar-refractivity contribution in [3.8, 4) is 17.2 Å². The van der Waals surface area contributed by atoms with Crippen LogP contribution < -0.4 is 9.47 Å². The molecule has 0 bridgehead atoms. The summed E-state index contributed by atoms with van der Waals surface area (Å²) < 4.78 is 55.8. The Kier molecular flexibility index (Phi) is 8.36. The fourth-order valence-electron chi connectivity index (χ4n) is 7.21. The summed E-state index contributed by atoms with van der Waals surface area (Å²) in [6, 6.07) is 5.04. The van der Waals surface area contributed by atoms with Gasteiger partial charge in [-0.2, -0.15) is 8.78 Å². The topological polar surface area (TPSA) is 18.5 Å². The molecule has 2 aromatic carbocycles. The molecule has 0 saturated heterocycles. The first-order valence-corrected chi connectivity index (χ1v) is 14.6. The van der Waals surface area contributed by atoms with Crippen molar-refractivity contribution in [2.45, 2.75) is 97.3 Å². The van der Waals surface area contributed by atoms with Crippen LogP contribution in [0.5, 0.6) is 17.2 Å². The molecule has 2 saturated carbocycles. The molecule has 5 heteroatoms. The minimum Gasteiger partial charge on any atom is -0.491 e. The van der Waals surface area contributed by atoms with E-state index in [1.54, 1.807) is 25.1 Å². The average molecular weight is 515 g/mol. The van der Waals surface area contributed by atoms with Crippen LogP contribution in [-0.4, -0.2) is 6.61 Å². The Labute approximate surface area is 219 Å². The van der Waals surface area contributed by atoms with Crippen LogP contribution in [0.25, 0.3) is 0 Å². The SMILES string of the molecule is CCCC1CCC(C2CCC(CCc3cc4c(c(F)c3F)Oc3c(ccc(OCC)c3F)C4)CC2)CC1. The van der Waals surface area contributed by atoms with Gasteiger partial charge in [0.25, 0.3) is 0 Å². The summed E-state index contributed by atoms with van der Waals surface area (Å²) in [6.07, 6.45) is 15.0. The highest BCUT2D eigenvalue weighted by molar-refractivity contribution is 5.54. The minimum absolute atomic E-state index is 0.0566. The Bertz CT molecular complexity index is 1080. The number of hydrogen-bond acceptors (Lipinski definition) is 2. The van der Waals surface area contributed by atoms with Gasteiger partial charge in [0.15, 0.2) is 23.1 Å². The fraction of sp³-hybridized carbons (Fsp3) is 0.625. The minimum atomic E-state index is -1.01. The molecule has 1 aliphatic heterocycles. The van der Waals surface area contributed by atoms with Crippen molar-refractivity contribution in [1.29, 1.82) is 0 Å². The second-order valence-electron chi connectivity index (χ2n) is 11.6. The summed E-state index contributed by atoms with van der Waals surface area (Å²) in [5, 5.41) is 0. The third-order valence-corrected chi connectivity index (χ3v) is 9.31. The average Bonchev–Trinajstić information content (AvgIpc) is 2.92. The molecule has 5 rings (SSSR count). The number of ether oxygens (including phenoxy) is 2. The van der Waals surface area contributed by atoms with Gasteiger partial charge in [0.1, 0.15) is 0 Å². The molecule has 0 N–H and O–H groups in total. The lowest BCUT2D eigenvalue weighted by molar-refractivity contribution is 0.141. The van der Waals surface area contributed by atoms with E-state index in [9.17, 15) is 4.39 Å². The molecule has 2 aromatic rings. The van der Waals surface area contributed by atoms with Gasteiger partial charge in [0.2, 0.25) is 11.6 Å². The van der Waals surface area contributed by atoms with Crippen LogP contribution in [0.1, 0.15) is 101 Å². The first kappa shape index (κ1) is 26.4. The van der Waals surface area contributed by atoms with E-state index >= 15 is 8.78 Å². The molecule has 0 amide bonds. The third kappa shape index (κ3) is 5.66. The van der Waals surface area contributed by atoms with Crippen molar-refractivity contribution < 1.29 is 22.6 Å². The van der Waals surface area contributed by atoms with E-state index in [-0.39, 0.29) is 17.2 Å². The predicted octanol–water partition coefficient (Wildman–Crippen LogP) is 9.54. The summed E-state index contributed by atoms with van der Waals surface area (Å²) in [5.74, 6) is 0.540. The molecular formula is C32H41F3O2. The standard InChI is InChI=1S/C32H41F3O2/c1-3-5-20-6-11-22(12-7-20)23-13-8-21(9-14-23)10-15-24-18-26-19-25-16-17-27(36-4-2)29(34)31(25)37-32(26)30(35)28(24)33/h16-18,20-23H,3-15,19H2,1-2H3. The zero-order chi connectivity index (χ0) is 25.9. The normalized spacial score (nSPS) is 25.2. The van der Waals surface area contributed by atoms with Gasteiger partial charge in [0.05, 0.1) is 6.61 Å². The van der Waals surface area contributed by atoms with Gasteiger partial charge in [-0.1, -0.05) is 51.5 Å². The summed E-state index contributed by atoms with van der Waals surface area (Å²) in [4.78, 5) is 0. The van der Waals surface area contributed by atoms with Crippen molar-refractivity contribution in [2.75, 3.05) is 6.61 Å². The first-order valence-electron chi connectivity index (χ1n) is 14.6. The largest absolute Gasteiger partial charge is 0.491 e. The molecule has 0 unspecified atom stereocenters. The second kappa shape index (κ2) is 11.7. The van der Waals surface area contributed by atoms with E-state index in [0.717, 1.165) is 24.2 Å². The van der Waals surface area contributed by atoms with Crippen LogP contribution in [0.4, 0.5) is 13.2 Å². The predicted molar refractivity (Wildman–Crippen MR) is 141 cm³/mol. The van der Waals surface area contributed by atoms with Gasteiger partial charge >= 0.3 is 0 Å². The highest BCUT2D eigenvalue weighted by Gasteiger charge is 2.32. The van der Waals surface area contributed by atoms with Crippen molar-refractivity contribution >= 4 is 0 Å². The molecule has 37 heavy (non-hydrogen) atoms. The van der Waals surface area contributed by atoms with Gasteiger partial charge in [-0.3, -0.25) is 0 Å². The molecule has 2 fully saturated rings. The maximum absolute atomic E-state index is 15.1. The maximum atomic E-state index is 15.1. The zero-order valence-electron chi connectivity index (χ0n) is 22.4. The number of rotatable bonds is 8. The van der Waals surface area contributed by atoms with Crippen LogP contribution in [0.3, 0.4) is 0 Å². The quantitative estimate of drug-likeness (QED) is 0.298. The molecule has 3 aliphatic rings. The summed E-state index contributed by atoms with van der Waals surface area (Å²) in [6.45, 7) is 4.36. The molecule has 2 nitrogen and oxygen atoms in total. The van der Waals surface area contributed by atoms with Crippen molar-refractivity contribution in [1.82, 2.24) is 0 Å². The number of halogens is 3. The Hall–Kier alpha value is -2.17. The van der Waals surface area contributed by atoms with Crippen molar-refractivity contribution in [2.24, 2.45) is 23.7 Å². The zero-order valence-corrected chi connectivity index (χ0v) is 22.4. The fourth-order valence-corrected chi connectivity index (χ4v) is 7.21. The van der Waals surface area contributed by atoms with Gasteiger partial charge in [0, 0.05) is 17.5 Å². The highest BCUT2D eigenvalue weighted by Crippen LogP contribution is 2.45. The molecule has 0 spiro atoms. The van der Waals surface area contributed by atoms with Crippen LogP contribution in [0.15, 0.2) is 18.2 Å². The van der Waals surface area contributed by atoms with Gasteiger partial charge < -0.3 is 9.47 Å². The monoisotopic (exact) mass is 514 g/mol. The van der Waals surface area contributed by atoms with Gasteiger partial charge in [-0.15, -0.1) is 0 Å². The lowest BCUT2D eigenvalue weighted by Gasteiger charge is -2.38. The highest BCUT2D eigenvalue weighted by atomic mass is 19.2. The lowest BCUT2D eigenvalue weighted by atomic mass is 9.68. The van der Waals surface area contributed by atoms with E-state index < -0.39 is 17.5 Å². The van der Waals surface area contributed by atoms with E-state index in [0.29, 0.717) is 42.1 Å². The first-order chi connectivity index (χ1) is 18.0. The molecular weight excluding hydrogens is 473 g/mol. The number of benzene rings is 2. The Morgan fingerprint density at radius 3 is 2.00 bits per heavy atom. The Balaban J connectivity index is 1.18. The molecule has 0 aromatic heterocycles. The Morgan fingerprint density at radius 1 is 0.757 bits per heavy atom. The molecule has 0 atom stereocenters. The van der Waals surface area contributed by atoms with Crippen LogP contribution in [-0.2, 0) is 12.8 Å². The van der Waals surface area contributed by atoms with Gasteiger partial charge in [-0.25, -0.2) is 4.39 Å². The summed E-state index contributed by atoms with van der Waals surface area (Å²) in [5.41, 5.74) is 1.60. The van der Waals surface area contributed by atoms with E-state index in [1.165, 1.54) is 64.2 Å². The van der Waals surface area contributed by atoms with E-state index in [1.807, 2.05) is 0 Å². The molecule has 202 valence electrons. The third-order valence-electron chi connectivity index (χ3n) is 9.31. The maximum Gasteiger partial charge on any atom is 0.207 e. The molecule has 2 aliphatic carbocycles. The summed E-state index contributed by atoms with van der Waals surface area (Å²) in [7, 11) is 0. The number of hydrogen-bond donors (Lipinski definition) is 0. The molecule has 1 heterocycles. The lowest BCUT2D eigenvalue weighted by Crippen LogP contribution is -2.26. The van der Waals surface area contributed by atoms with E-state index in [4.69, 9.17) is 9.47 Å². The summed E-state index contributed by atoms with van der Waals surface area (Å²) >= 11 is 0. The van der Waals surface area contributed by atoms with Crippen LogP contribution >= 0.6 is 0 Å². The number of fused-ring (bicyclic) bond motifs is 2. The van der Waals surface area contributed by atoms with Crippen molar-refractivity contribution in [3.05, 3.63) is 52.3 Å². The number of aryl methyl sites for hydroxylation is 1. The second-order valence-corrected chi connectivity index (χ2v) is 11.6. The molecule has 0 radical (unpaired) electrons. The van der Waals surface area contributed by atoms with Gasteiger partial charge in [-0.05, 0) is 86.8 Å².